The van der Waals surface area contributed by atoms with E-state index in [9.17, 15) is 4.39 Å². The van der Waals surface area contributed by atoms with E-state index >= 15 is 0 Å². The lowest BCUT2D eigenvalue weighted by molar-refractivity contribution is 0.564. The Bertz CT molecular complexity index is 1050. The zero-order valence-corrected chi connectivity index (χ0v) is 13.2. The first-order valence-corrected chi connectivity index (χ1v) is 7.54. The Morgan fingerprint density at radius 1 is 1.04 bits per heavy atom. The third-order valence-electron chi connectivity index (χ3n) is 3.96. The normalized spacial score (nSPS) is 11.1. The monoisotopic (exact) mass is 319 g/mol. The van der Waals surface area contributed by atoms with Gasteiger partial charge in [-0.05, 0) is 44.2 Å². The van der Waals surface area contributed by atoms with E-state index in [1.807, 2.05) is 44.2 Å². The Labute approximate surface area is 137 Å². The predicted molar refractivity (Wildman–Crippen MR) is 89.3 cm³/mol. The molecular weight excluding hydrogens is 305 g/mol. The second kappa shape index (κ2) is 5.49. The lowest BCUT2D eigenvalue weighted by Crippen LogP contribution is -2.03. The van der Waals surface area contributed by atoms with E-state index in [-0.39, 0.29) is 5.69 Å². The zero-order valence-electron chi connectivity index (χ0n) is 13.2. The molecule has 4 aromatic rings. The fourth-order valence-electron chi connectivity index (χ4n) is 2.73. The molecule has 24 heavy (non-hydrogen) atoms. The molecule has 0 saturated heterocycles. The Morgan fingerprint density at radius 3 is 2.75 bits per heavy atom. The molecule has 0 bridgehead atoms. The molecule has 3 aromatic heterocycles. The van der Waals surface area contributed by atoms with Crippen LogP contribution in [-0.4, -0.2) is 25.0 Å². The number of nitrogens with zero attached hydrogens (tertiary/aromatic N) is 5. The Morgan fingerprint density at radius 2 is 1.92 bits per heavy atom. The van der Waals surface area contributed by atoms with Crippen molar-refractivity contribution in [2.75, 3.05) is 0 Å². The van der Waals surface area contributed by atoms with Crippen molar-refractivity contribution in [3.63, 3.8) is 0 Å². The number of aromatic nitrogens is 5. The van der Waals surface area contributed by atoms with Crippen LogP contribution >= 0.6 is 0 Å². The summed E-state index contributed by atoms with van der Waals surface area (Å²) in [5.41, 5.74) is 4.57. The fraction of sp³-hybridized carbons (Fsp3) is 0.111. The van der Waals surface area contributed by atoms with Gasteiger partial charge in [0, 0.05) is 22.8 Å². The Hall–Kier alpha value is -3.15. The van der Waals surface area contributed by atoms with E-state index in [4.69, 9.17) is 0 Å². The Balaban J connectivity index is 1.83. The molecule has 0 radical (unpaired) electrons. The summed E-state index contributed by atoms with van der Waals surface area (Å²) in [4.78, 5) is 8.16. The topological polar surface area (TPSA) is 56.5 Å². The molecule has 0 aliphatic rings. The maximum Gasteiger partial charge on any atom is 0.238 e. The number of fused-ring (bicyclic) bond motifs is 1. The molecule has 5 nitrogen and oxygen atoms in total. The second-order valence-electron chi connectivity index (χ2n) is 5.61. The summed E-state index contributed by atoms with van der Waals surface area (Å²) in [5.74, 6) is -0.574. The molecular formula is C18H14FN5. The van der Waals surface area contributed by atoms with Crippen LogP contribution in [0.25, 0.3) is 27.8 Å². The molecule has 118 valence electrons. The van der Waals surface area contributed by atoms with Crippen LogP contribution in [0.1, 0.15) is 11.4 Å². The summed E-state index contributed by atoms with van der Waals surface area (Å²) in [6, 6.07) is 13.2. The van der Waals surface area contributed by atoms with Crippen LogP contribution in [0, 0.1) is 19.8 Å². The van der Waals surface area contributed by atoms with Gasteiger partial charge in [0.15, 0.2) is 0 Å². The highest BCUT2D eigenvalue weighted by Crippen LogP contribution is 2.26. The van der Waals surface area contributed by atoms with Gasteiger partial charge in [-0.2, -0.15) is 4.39 Å². The number of aryl methyl sites for hydroxylation is 1. The fourth-order valence-corrected chi connectivity index (χ4v) is 2.73. The molecule has 0 aliphatic heterocycles. The Kier molecular flexibility index (Phi) is 3.30. The minimum atomic E-state index is -0.574. The van der Waals surface area contributed by atoms with E-state index in [2.05, 4.69) is 20.3 Å². The van der Waals surface area contributed by atoms with Crippen molar-refractivity contribution in [1.29, 1.82) is 0 Å². The number of pyridine rings is 2. The van der Waals surface area contributed by atoms with Crippen molar-refractivity contribution >= 4 is 10.9 Å². The molecule has 0 aliphatic carbocycles. The van der Waals surface area contributed by atoms with Gasteiger partial charge in [-0.15, -0.1) is 5.10 Å². The molecule has 0 N–H and O–H groups in total. The summed E-state index contributed by atoms with van der Waals surface area (Å²) in [6.07, 6.45) is 1.41. The van der Waals surface area contributed by atoms with Gasteiger partial charge < -0.3 is 0 Å². The van der Waals surface area contributed by atoms with Crippen LogP contribution in [0.15, 0.2) is 48.7 Å². The van der Waals surface area contributed by atoms with Crippen molar-refractivity contribution in [1.82, 2.24) is 25.0 Å². The van der Waals surface area contributed by atoms with Crippen LogP contribution in [0.3, 0.4) is 0 Å². The average molecular weight is 319 g/mol. The summed E-state index contributed by atoms with van der Waals surface area (Å²) >= 11 is 0. The largest absolute Gasteiger partial charge is 0.253 e. The molecule has 6 heteroatoms. The molecule has 3 heterocycles. The quantitative estimate of drug-likeness (QED) is 0.529. The van der Waals surface area contributed by atoms with Crippen LogP contribution in [-0.2, 0) is 0 Å². The van der Waals surface area contributed by atoms with Crippen LogP contribution in [0.4, 0.5) is 4.39 Å². The molecule has 0 unspecified atom stereocenters. The van der Waals surface area contributed by atoms with Gasteiger partial charge in [-0.1, -0.05) is 17.3 Å². The minimum absolute atomic E-state index is 0.284. The second-order valence-corrected chi connectivity index (χ2v) is 5.61. The van der Waals surface area contributed by atoms with Crippen molar-refractivity contribution < 1.29 is 4.39 Å². The van der Waals surface area contributed by atoms with Gasteiger partial charge in [0.05, 0.1) is 11.2 Å². The van der Waals surface area contributed by atoms with Crippen molar-refractivity contribution in [3.05, 3.63) is 66.0 Å². The van der Waals surface area contributed by atoms with Gasteiger partial charge in [0.25, 0.3) is 0 Å². The third-order valence-corrected chi connectivity index (χ3v) is 3.96. The number of benzene rings is 1. The van der Waals surface area contributed by atoms with Crippen molar-refractivity contribution in [3.8, 4) is 16.9 Å². The first kappa shape index (κ1) is 14.4. The van der Waals surface area contributed by atoms with Crippen molar-refractivity contribution in [2.24, 2.45) is 0 Å². The standard InChI is InChI=1S/C18H14FN5/c1-11-5-6-13-10-14(7-8-15(13)21-11)17-12(2)24(23-22-17)16-4-3-9-20-18(16)19/h3-10H,1-2H3. The van der Waals surface area contributed by atoms with E-state index in [0.29, 0.717) is 5.69 Å². The molecule has 0 fully saturated rings. The highest BCUT2D eigenvalue weighted by atomic mass is 19.1. The number of hydrogen-bond donors (Lipinski definition) is 0. The third kappa shape index (κ3) is 2.32. The minimum Gasteiger partial charge on any atom is -0.253 e. The van der Waals surface area contributed by atoms with Gasteiger partial charge in [0.2, 0.25) is 5.95 Å². The van der Waals surface area contributed by atoms with E-state index in [1.54, 1.807) is 12.1 Å². The van der Waals surface area contributed by atoms with Gasteiger partial charge in [0.1, 0.15) is 11.4 Å². The van der Waals surface area contributed by atoms with Crippen LogP contribution in [0.5, 0.6) is 0 Å². The number of hydrogen-bond acceptors (Lipinski definition) is 4. The molecule has 0 spiro atoms. The first-order valence-electron chi connectivity index (χ1n) is 7.54. The summed E-state index contributed by atoms with van der Waals surface area (Å²) in [6.45, 7) is 3.82. The summed E-state index contributed by atoms with van der Waals surface area (Å²) in [7, 11) is 0. The lowest BCUT2D eigenvalue weighted by Gasteiger charge is -2.05. The van der Waals surface area contributed by atoms with Gasteiger partial charge in [-0.3, -0.25) is 4.98 Å². The summed E-state index contributed by atoms with van der Waals surface area (Å²) < 4.78 is 15.4. The molecule has 1 aromatic carbocycles. The van der Waals surface area contributed by atoms with Gasteiger partial charge in [-0.25, -0.2) is 9.67 Å². The summed E-state index contributed by atoms with van der Waals surface area (Å²) in [5, 5.41) is 9.34. The van der Waals surface area contributed by atoms with Crippen molar-refractivity contribution in [2.45, 2.75) is 13.8 Å². The van der Waals surface area contributed by atoms with Crippen LogP contribution in [0.2, 0.25) is 0 Å². The molecule has 4 rings (SSSR count). The zero-order chi connectivity index (χ0) is 16.7. The van der Waals surface area contributed by atoms with E-state index < -0.39 is 5.95 Å². The average Bonchev–Trinajstić information content (AvgIpc) is 2.96. The smallest absolute Gasteiger partial charge is 0.238 e. The maximum atomic E-state index is 13.9. The van der Waals surface area contributed by atoms with Gasteiger partial charge >= 0.3 is 0 Å². The van der Waals surface area contributed by atoms with E-state index in [0.717, 1.165) is 27.9 Å². The van der Waals surface area contributed by atoms with Crippen LogP contribution < -0.4 is 0 Å². The first-order chi connectivity index (χ1) is 11.6. The molecule has 0 saturated carbocycles. The number of halogens is 1. The highest BCUT2D eigenvalue weighted by Gasteiger charge is 2.15. The van der Waals surface area contributed by atoms with E-state index in [1.165, 1.54) is 10.9 Å². The SMILES string of the molecule is Cc1ccc2cc(-c3nnn(-c4cccnc4F)c3C)ccc2n1. The lowest BCUT2D eigenvalue weighted by atomic mass is 10.1. The maximum absolute atomic E-state index is 13.9. The highest BCUT2D eigenvalue weighted by molar-refractivity contribution is 5.84. The number of rotatable bonds is 2. The molecule has 0 amide bonds. The predicted octanol–water partition coefficient (Wildman–Crippen LogP) is 3.63. The molecule has 0 atom stereocenters.